The molecule has 0 aliphatic rings. The van der Waals surface area contributed by atoms with Gasteiger partial charge in [0.15, 0.2) is 0 Å². The summed E-state index contributed by atoms with van der Waals surface area (Å²) in [6.45, 7) is 2.38. The molecule has 2 N–H and O–H groups in total. The molecule has 0 unspecified atom stereocenters. The first-order chi connectivity index (χ1) is 21.7. The lowest BCUT2D eigenvalue weighted by Crippen LogP contribution is -2.29. The van der Waals surface area contributed by atoms with Crippen LogP contribution in [-0.4, -0.2) is 66.7 Å². The number of amides is 1. The Kier molecular flexibility index (Phi) is 7.33. The SMILES string of the molecule is [2H]C([2H])=C(CC(C)C)C(=O)Nc1cc(Nc2nccc(-c3cn(C([2H])([2H])[2H])c4ccccc34)n2)c(OC)cc1N(C)CCN(C)C. The quantitative estimate of drug-likeness (QED) is 0.208. The molecule has 0 spiro atoms. The number of hydrogen-bond donors (Lipinski definition) is 2. The van der Waals surface area contributed by atoms with Gasteiger partial charge in [-0.3, -0.25) is 4.79 Å². The third-order valence-electron chi connectivity index (χ3n) is 6.64. The summed E-state index contributed by atoms with van der Waals surface area (Å²) in [6, 6.07) is 12.5. The van der Waals surface area contributed by atoms with Crippen molar-refractivity contribution in [2.75, 3.05) is 56.9 Å². The summed E-state index contributed by atoms with van der Waals surface area (Å²) < 4.78 is 46.8. The van der Waals surface area contributed by atoms with Gasteiger partial charge in [-0.15, -0.1) is 0 Å². The van der Waals surface area contributed by atoms with E-state index in [9.17, 15) is 4.79 Å². The van der Waals surface area contributed by atoms with Gasteiger partial charge in [-0.05, 0) is 44.6 Å². The van der Waals surface area contributed by atoms with E-state index < -0.39 is 19.4 Å². The molecule has 0 aliphatic carbocycles. The fourth-order valence-electron chi connectivity index (χ4n) is 4.49. The number of rotatable bonds is 12. The van der Waals surface area contributed by atoms with Gasteiger partial charge in [-0.2, -0.15) is 0 Å². The van der Waals surface area contributed by atoms with Crippen molar-refractivity contribution >= 4 is 39.8 Å². The molecule has 0 bridgehead atoms. The molecule has 2 heterocycles. The topological polar surface area (TPSA) is 87.5 Å². The number of nitrogens with zero attached hydrogens (tertiary/aromatic N) is 5. The molecule has 9 nitrogen and oxygen atoms in total. The molecular formula is C32H41N7O2. The van der Waals surface area contributed by atoms with E-state index in [1.54, 1.807) is 49.8 Å². The van der Waals surface area contributed by atoms with Crippen LogP contribution in [-0.2, 0) is 11.8 Å². The van der Waals surface area contributed by atoms with Gasteiger partial charge in [0.25, 0.3) is 5.91 Å². The Hall–Kier alpha value is -4.37. The van der Waals surface area contributed by atoms with Crippen molar-refractivity contribution in [2.45, 2.75) is 20.3 Å². The van der Waals surface area contributed by atoms with Gasteiger partial charge < -0.3 is 29.7 Å². The highest BCUT2D eigenvalue weighted by Gasteiger charge is 2.19. The summed E-state index contributed by atoms with van der Waals surface area (Å²) in [5.41, 5.74) is 3.42. The van der Waals surface area contributed by atoms with Crippen LogP contribution >= 0.6 is 0 Å². The Balaban J connectivity index is 1.76. The number of methoxy groups -OCH3 is 1. The molecule has 216 valence electrons. The number of fused-ring (bicyclic) bond motifs is 1. The molecule has 2 aromatic carbocycles. The number of nitrogens with one attached hydrogen (secondary N) is 2. The van der Waals surface area contributed by atoms with E-state index in [4.69, 9.17) is 16.6 Å². The molecule has 0 atom stereocenters. The number of para-hydroxylation sites is 1. The average molecular weight is 561 g/mol. The van der Waals surface area contributed by atoms with Gasteiger partial charge in [0.1, 0.15) is 5.75 Å². The first-order valence-electron chi connectivity index (χ1n) is 16.0. The monoisotopic (exact) mass is 560 g/mol. The molecule has 9 heteroatoms. The second-order valence-corrected chi connectivity index (χ2v) is 10.6. The fraction of sp³-hybridized carbons (Fsp3) is 0.344. The lowest BCUT2D eigenvalue weighted by Gasteiger charge is -2.26. The first kappa shape index (κ1) is 23.3. The highest BCUT2D eigenvalue weighted by molar-refractivity contribution is 6.05. The molecular weight excluding hydrogens is 514 g/mol. The third kappa shape index (κ3) is 7.05. The largest absolute Gasteiger partial charge is 0.494 e. The van der Waals surface area contributed by atoms with Crippen molar-refractivity contribution in [3.05, 3.63) is 67.0 Å². The maximum Gasteiger partial charge on any atom is 0.251 e. The zero-order chi connectivity index (χ0) is 33.8. The predicted octanol–water partition coefficient (Wildman–Crippen LogP) is 5.93. The summed E-state index contributed by atoms with van der Waals surface area (Å²) in [4.78, 5) is 26.5. The van der Waals surface area contributed by atoms with Crippen LogP contribution in [0, 0.1) is 5.92 Å². The number of ether oxygens (including phenoxy) is 1. The van der Waals surface area contributed by atoms with Crippen LogP contribution in [0.4, 0.5) is 23.0 Å². The van der Waals surface area contributed by atoms with Crippen molar-refractivity contribution in [3.63, 3.8) is 0 Å². The van der Waals surface area contributed by atoms with E-state index >= 15 is 0 Å². The molecule has 4 rings (SSSR count). The number of anilines is 4. The summed E-state index contributed by atoms with van der Waals surface area (Å²) in [5, 5.41) is 6.88. The van der Waals surface area contributed by atoms with Crippen LogP contribution in [0.2, 0.25) is 0 Å². The van der Waals surface area contributed by atoms with Crippen LogP contribution in [0.1, 0.15) is 27.1 Å². The van der Waals surface area contributed by atoms with Crippen LogP contribution < -0.4 is 20.3 Å². The zero-order valence-electron chi connectivity index (χ0n) is 29.4. The Morgan fingerprint density at radius 3 is 2.68 bits per heavy atom. The normalized spacial score (nSPS) is 13.2. The van der Waals surface area contributed by atoms with Crippen molar-refractivity contribution in [1.82, 2.24) is 19.4 Å². The second-order valence-electron chi connectivity index (χ2n) is 10.6. The van der Waals surface area contributed by atoms with Gasteiger partial charge in [0, 0.05) is 71.7 Å². The molecule has 0 radical (unpaired) electrons. The number of aromatic nitrogens is 3. The molecule has 2 aromatic heterocycles. The number of likely N-dealkylation sites (N-methyl/N-ethyl adjacent to an activating group) is 2. The van der Waals surface area contributed by atoms with E-state index in [0.29, 0.717) is 52.6 Å². The molecule has 0 aliphatic heterocycles. The van der Waals surface area contributed by atoms with Crippen molar-refractivity contribution in [2.24, 2.45) is 12.9 Å². The highest BCUT2D eigenvalue weighted by atomic mass is 16.5. The Bertz CT molecular complexity index is 1730. The third-order valence-corrected chi connectivity index (χ3v) is 6.64. The van der Waals surface area contributed by atoms with E-state index in [0.717, 1.165) is 11.9 Å². The van der Waals surface area contributed by atoms with Crippen LogP contribution in [0.3, 0.4) is 0 Å². The smallest absolute Gasteiger partial charge is 0.251 e. The molecule has 0 saturated heterocycles. The van der Waals surface area contributed by atoms with Crippen LogP contribution in [0.25, 0.3) is 22.2 Å². The molecule has 4 aromatic rings. The Morgan fingerprint density at radius 2 is 1.98 bits per heavy atom. The van der Waals surface area contributed by atoms with Gasteiger partial charge in [-0.1, -0.05) is 38.6 Å². The maximum absolute atomic E-state index is 13.4. The van der Waals surface area contributed by atoms with Crippen LogP contribution in [0.15, 0.2) is 67.0 Å². The number of carbonyl (C=O) groups is 1. The Labute approximate surface area is 249 Å². The summed E-state index contributed by atoms with van der Waals surface area (Å²) >= 11 is 0. The van der Waals surface area contributed by atoms with Gasteiger partial charge in [0.2, 0.25) is 5.95 Å². The van der Waals surface area contributed by atoms with Gasteiger partial charge in [-0.25, -0.2) is 9.97 Å². The number of benzene rings is 2. The Morgan fingerprint density at radius 1 is 1.17 bits per heavy atom. The zero-order valence-corrected chi connectivity index (χ0v) is 24.4. The summed E-state index contributed by atoms with van der Waals surface area (Å²) in [7, 11) is 7.41. The molecule has 0 fully saturated rings. The predicted molar refractivity (Wildman–Crippen MR) is 169 cm³/mol. The van der Waals surface area contributed by atoms with Crippen molar-refractivity contribution in [1.29, 1.82) is 0 Å². The second kappa shape index (κ2) is 12.9. The van der Waals surface area contributed by atoms with E-state index in [2.05, 4.69) is 20.5 Å². The number of aryl methyl sites for hydroxylation is 1. The standard InChI is InChI=1S/C32H41N7O2/c1-21(2)17-22(3)31(40)34-26-18-27(30(41-8)19-29(26)38(6)16-15-37(4)5)36-32-33-14-13-25(35-32)24-20-39(7)28-12-10-9-11-23(24)28/h9-14,18-21H,3,15-17H2,1-2,4-8H3,(H,34,40)(H,33,35,36)/i3D2,7D3. The minimum atomic E-state index is -2.37. The van der Waals surface area contributed by atoms with Gasteiger partial charge >= 0.3 is 0 Å². The van der Waals surface area contributed by atoms with Crippen molar-refractivity contribution < 1.29 is 16.4 Å². The van der Waals surface area contributed by atoms with E-state index in [1.807, 2.05) is 52.0 Å². The average Bonchev–Trinajstić information content (AvgIpc) is 3.39. The summed E-state index contributed by atoms with van der Waals surface area (Å²) in [5.74, 6) is 0.265. The minimum Gasteiger partial charge on any atom is -0.494 e. The number of hydrogen-bond acceptors (Lipinski definition) is 7. The molecule has 1 amide bonds. The highest BCUT2D eigenvalue weighted by Crippen LogP contribution is 2.38. The number of carbonyl (C=O) groups excluding carboxylic acids is 1. The van der Waals surface area contributed by atoms with Crippen LogP contribution in [0.5, 0.6) is 5.75 Å². The van der Waals surface area contributed by atoms with E-state index in [1.165, 1.54) is 4.57 Å². The first-order valence-corrected chi connectivity index (χ1v) is 13.5. The molecule has 41 heavy (non-hydrogen) atoms. The van der Waals surface area contributed by atoms with Crippen molar-refractivity contribution in [3.8, 4) is 17.0 Å². The lowest BCUT2D eigenvalue weighted by atomic mass is 10.0. The summed E-state index contributed by atoms with van der Waals surface area (Å²) in [6.07, 6.45) is 3.45. The molecule has 0 saturated carbocycles. The fourth-order valence-corrected chi connectivity index (χ4v) is 4.49. The lowest BCUT2D eigenvalue weighted by molar-refractivity contribution is -0.113. The van der Waals surface area contributed by atoms with E-state index in [-0.39, 0.29) is 17.4 Å². The minimum absolute atomic E-state index is 0.0833. The maximum atomic E-state index is 13.4. The van der Waals surface area contributed by atoms with Gasteiger partial charge in [0.05, 0.1) is 32.6 Å².